The molecule has 1 N–H and O–H groups in total. The van der Waals surface area contributed by atoms with E-state index in [1.165, 1.54) is 0 Å². The maximum absolute atomic E-state index is 11.9. The molecule has 0 saturated carbocycles. The van der Waals surface area contributed by atoms with Crippen LogP contribution in [0.4, 0.5) is 11.6 Å². The lowest BCUT2D eigenvalue weighted by molar-refractivity contribution is -0.127. The Labute approximate surface area is 199 Å². The molecule has 34 heavy (non-hydrogen) atoms. The molecule has 5 rings (SSSR count). The van der Waals surface area contributed by atoms with E-state index in [-0.39, 0.29) is 11.9 Å². The molecule has 180 valence electrons. The average Bonchev–Trinajstić information content (AvgIpc) is 3.48. The maximum atomic E-state index is 11.9. The third kappa shape index (κ3) is 4.68. The second-order valence-electron chi connectivity index (χ2n) is 9.08. The summed E-state index contributed by atoms with van der Waals surface area (Å²) in [7, 11) is 0. The third-order valence-electron chi connectivity index (χ3n) is 6.39. The second kappa shape index (κ2) is 9.92. The van der Waals surface area contributed by atoms with Gasteiger partial charge < -0.3 is 24.4 Å². The number of likely N-dealkylation sites (tertiary alicyclic amines) is 1. The zero-order chi connectivity index (χ0) is 23.5. The Morgan fingerprint density at radius 3 is 2.68 bits per heavy atom. The Morgan fingerprint density at radius 1 is 1.12 bits per heavy atom. The minimum atomic E-state index is 0.226. The van der Waals surface area contributed by atoms with Gasteiger partial charge in [-0.25, -0.2) is 19.9 Å². The molecule has 0 atom stereocenters. The van der Waals surface area contributed by atoms with Crippen LogP contribution in [-0.4, -0.2) is 81.2 Å². The van der Waals surface area contributed by atoms with Crippen LogP contribution in [0, 0.1) is 0 Å². The summed E-state index contributed by atoms with van der Waals surface area (Å²) in [5, 5.41) is 3.44. The minimum absolute atomic E-state index is 0.226. The van der Waals surface area contributed by atoms with Gasteiger partial charge in [0.1, 0.15) is 11.3 Å². The van der Waals surface area contributed by atoms with Crippen LogP contribution < -0.4 is 10.2 Å². The van der Waals surface area contributed by atoms with Crippen molar-refractivity contribution in [3.63, 3.8) is 0 Å². The van der Waals surface area contributed by atoms with Gasteiger partial charge in [-0.05, 0) is 38.8 Å². The predicted molar refractivity (Wildman–Crippen MR) is 131 cm³/mol. The zero-order valence-electron chi connectivity index (χ0n) is 19.9. The first-order chi connectivity index (χ1) is 16.6. The summed E-state index contributed by atoms with van der Waals surface area (Å²) < 4.78 is 7.50. The van der Waals surface area contributed by atoms with Crippen LogP contribution in [0.3, 0.4) is 0 Å². The van der Waals surface area contributed by atoms with Crippen molar-refractivity contribution in [2.24, 2.45) is 0 Å². The first-order valence-electron chi connectivity index (χ1n) is 12.2. The SMILES string of the molecule is CC(C)n1cnc2c(NCCCN3CCCC3=O)nc(-c3ccc(N4CCOCC4)nc3)nc21. The Balaban J connectivity index is 1.37. The van der Waals surface area contributed by atoms with E-state index in [0.717, 1.165) is 74.8 Å². The van der Waals surface area contributed by atoms with Crippen molar-refractivity contribution in [2.45, 2.75) is 39.2 Å². The number of rotatable bonds is 8. The van der Waals surface area contributed by atoms with E-state index < -0.39 is 0 Å². The van der Waals surface area contributed by atoms with Crippen molar-refractivity contribution in [1.82, 2.24) is 29.4 Å². The van der Waals surface area contributed by atoms with E-state index in [1.54, 1.807) is 0 Å². The van der Waals surface area contributed by atoms with Crippen molar-refractivity contribution >= 4 is 28.7 Å². The lowest BCUT2D eigenvalue weighted by atomic mass is 10.2. The molecule has 0 bridgehead atoms. The quantitative estimate of drug-likeness (QED) is 0.508. The number of amides is 1. The number of imidazole rings is 1. The van der Waals surface area contributed by atoms with Gasteiger partial charge in [0, 0.05) is 56.9 Å². The summed E-state index contributed by atoms with van der Waals surface area (Å²) in [5.74, 6) is 2.53. The molecule has 1 amide bonds. The number of ether oxygens (including phenoxy) is 1. The lowest BCUT2D eigenvalue weighted by Crippen LogP contribution is -2.36. The van der Waals surface area contributed by atoms with Crippen LogP contribution in [0.15, 0.2) is 24.7 Å². The Hall–Kier alpha value is -3.27. The standard InChI is InChI=1S/C24H32N8O2/c1-17(2)32-16-27-21-23(25-8-4-10-31-9-3-5-20(31)33)28-22(29-24(21)32)18-6-7-19(26-15-18)30-11-13-34-14-12-30/h6-7,15-17H,3-5,8-14H2,1-2H3,(H,25,28,29). The molecule has 2 aliphatic rings. The van der Waals surface area contributed by atoms with Crippen LogP contribution in [-0.2, 0) is 9.53 Å². The fourth-order valence-electron chi connectivity index (χ4n) is 4.46. The van der Waals surface area contributed by atoms with Crippen LogP contribution in [0.5, 0.6) is 0 Å². The normalized spacial score (nSPS) is 16.7. The summed E-state index contributed by atoms with van der Waals surface area (Å²) >= 11 is 0. The smallest absolute Gasteiger partial charge is 0.222 e. The van der Waals surface area contributed by atoms with Crippen molar-refractivity contribution in [3.8, 4) is 11.4 Å². The summed E-state index contributed by atoms with van der Waals surface area (Å²) in [4.78, 5) is 35.0. The highest BCUT2D eigenvalue weighted by Crippen LogP contribution is 2.26. The van der Waals surface area contributed by atoms with Gasteiger partial charge in [0.2, 0.25) is 5.91 Å². The van der Waals surface area contributed by atoms with Crippen molar-refractivity contribution < 1.29 is 9.53 Å². The number of fused-ring (bicyclic) bond motifs is 1. The van der Waals surface area contributed by atoms with Gasteiger partial charge in [-0.15, -0.1) is 0 Å². The molecule has 2 fully saturated rings. The van der Waals surface area contributed by atoms with E-state index in [0.29, 0.717) is 24.6 Å². The molecule has 10 nitrogen and oxygen atoms in total. The van der Waals surface area contributed by atoms with E-state index in [9.17, 15) is 4.79 Å². The zero-order valence-corrected chi connectivity index (χ0v) is 19.9. The summed E-state index contributed by atoms with van der Waals surface area (Å²) in [5.41, 5.74) is 2.42. The van der Waals surface area contributed by atoms with Gasteiger partial charge in [-0.2, -0.15) is 0 Å². The Bertz CT molecular complexity index is 1140. The number of nitrogens with zero attached hydrogens (tertiary/aromatic N) is 7. The molecular weight excluding hydrogens is 432 g/mol. The monoisotopic (exact) mass is 464 g/mol. The fourth-order valence-corrected chi connectivity index (χ4v) is 4.46. The molecule has 2 saturated heterocycles. The highest BCUT2D eigenvalue weighted by molar-refractivity contribution is 5.85. The number of morpholine rings is 1. The summed E-state index contributed by atoms with van der Waals surface area (Å²) in [6.07, 6.45) is 6.15. The number of hydrogen-bond donors (Lipinski definition) is 1. The molecule has 5 heterocycles. The molecule has 3 aromatic rings. The molecule has 0 aromatic carbocycles. The van der Waals surface area contributed by atoms with Crippen LogP contribution in [0.2, 0.25) is 0 Å². The predicted octanol–water partition coefficient (Wildman–Crippen LogP) is 2.73. The number of anilines is 2. The first-order valence-corrected chi connectivity index (χ1v) is 12.2. The van der Waals surface area contributed by atoms with E-state index in [4.69, 9.17) is 14.7 Å². The molecule has 10 heteroatoms. The van der Waals surface area contributed by atoms with Gasteiger partial charge >= 0.3 is 0 Å². The van der Waals surface area contributed by atoms with Crippen LogP contribution in [0.1, 0.15) is 39.2 Å². The van der Waals surface area contributed by atoms with E-state index >= 15 is 0 Å². The molecule has 0 aliphatic carbocycles. The second-order valence-corrected chi connectivity index (χ2v) is 9.08. The van der Waals surface area contributed by atoms with Gasteiger partial charge in [0.05, 0.1) is 19.5 Å². The van der Waals surface area contributed by atoms with Gasteiger partial charge in [0.25, 0.3) is 0 Å². The number of pyridine rings is 1. The molecule has 0 radical (unpaired) electrons. The topological polar surface area (TPSA) is 101 Å². The lowest BCUT2D eigenvalue weighted by Gasteiger charge is -2.27. The molecule has 2 aliphatic heterocycles. The largest absolute Gasteiger partial charge is 0.378 e. The number of nitrogens with one attached hydrogen (secondary N) is 1. The molecular formula is C24H32N8O2. The highest BCUT2D eigenvalue weighted by Gasteiger charge is 2.20. The third-order valence-corrected chi connectivity index (χ3v) is 6.39. The summed E-state index contributed by atoms with van der Waals surface area (Å²) in [6.45, 7) is 9.71. The average molecular weight is 465 g/mol. The molecule has 0 spiro atoms. The Kier molecular flexibility index (Phi) is 6.57. The van der Waals surface area contributed by atoms with Crippen molar-refractivity contribution in [2.75, 3.05) is 56.2 Å². The minimum Gasteiger partial charge on any atom is -0.378 e. The number of carbonyl (C=O) groups is 1. The van der Waals surface area contributed by atoms with Crippen LogP contribution >= 0.6 is 0 Å². The number of hydrogen-bond acceptors (Lipinski definition) is 8. The van der Waals surface area contributed by atoms with Crippen molar-refractivity contribution in [3.05, 3.63) is 24.7 Å². The van der Waals surface area contributed by atoms with Crippen LogP contribution in [0.25, 0.3) is 22.6 Å². The molecule has 0 unspecified atom stereocenters. The fraction of sp³-hybridized carbons (Fsp3) is 0.542. The molecule has 3 aromatic heterocycles. The van der Waals surface area contributed by atoms with Gasteiger partial charge in [0.15, 0.2) is 17.3 Å². The Morgan fingerprint density at radius 2 is 1.97 bits per heavy atom. The highest BCUT2D eigenvalue weighted by atomic mass is 16.5. The van der Waals surface area contributed by atoms with E-state index in [1.807, 2.05) is 29.6 Å². The van der Waals surface area contributed by atoms with E-state index in [2.05, 4.69) is 38.6 Å². The summed E-state index contributed by atoms with van der Waals surface area (Å²) in [6, 6.07) is 4.27. The number of aromatic nitrogens is 5. The van der Waals surface area contributed by atoms with Gasteiger partial charge in [-0.1, -0.05) is 0 Å². The maximum Gasteiger partial charge on any atom is 0.222 e. The van der Waals surface area contributed by atoms with Crippen molar-refractivity contribution in [1.29, 1.82) is 0 Å². The number of carbonyl (C=O) groups excluding carboxylic acids is 1. The first kappa shape index (κ1) is 22.5. The van der Waals surface area contributed by atoms with Gasteiger partial charge in [-0.3, -0.25) is 4.79 Å².